The molecule has 0 aromatic heterocycles. The molecular weight excluding hydrogens is 266 g/mol. The Kier molecular flexibility index (Phi) is 5.32. The molecule has 21 heavy (non-hydrogen) atoms. The highest BCUT2D eigenvalue weighted by Gasteiger charge is 2.06. The molecule has 0 bridgehead atoms. The third kappa shape index (κ3) is 4.60. The molecule has 0 unspecified atom stereocenters. The first kappa shape index (κ1) is 15.0. The van der Waals surface area contributed by atoms with E-state index >= 15 is 0 Å². The fourth-order valence-corrected chi connectivity index (χ4v) is 2.15. The molecule has 0 aliphatic carbocycles. The van der Waals surface area contributed by atoms with Crippen molar-refractivity contribution in [2.45, 2.75) is 13.3 Å². The van der Waals surface area contributed by atoms with Crippen LogP contribution in [0.1, 0.15) is 13.3 Å². The highest BCUT2D eigenvalue weighted by molar-refractivity contribution is 5.50. The Hall–Kier alpha value is -2.36. The fourth-order valence-electron chi connectivity index (χ4n) is 2.15. The maximum absolute atomic E-state index is 9.58. The number of anilines is 1. The van der Waals surface area contributed by atoms with Crippen LogP contribution in [0.25, 0.3) is 0 Å². The summed E-state index contributed by atoms with van der Waals surface area (Å²) in [4.78, 5) is 2.18. The summed E-state index contributed by atoms with van der Waals surface area (Å²) in [5.41, 5.74) is 0.992. The minimum absolute atomic E-state index is 0.231. The van der Waals surface area contributed by atoms with Gasteiger partial charge in [0.1, 0.15) is 23.9 Å². The summed E-state index contributed by atoms with van der Waals surface area (Å²) >= 11 is 0. The average molecular weight is 287 g/mol. The average Bonchev–Trinajstić information content (AvgIpc) is 2.48. The summed E-state index contributed by atoms with van der Waals surface area (Å²) in [5, 5.41) is 18.8. The molecule has 0 heterocycles. The first-order valence-corrected chi connectivity index (χ1v) is 7.15. The summed E-state index contributed by atoms with van der Waals surface area (Å²) in [6, 6.07) is 13.9. The molecule has 0 radical (unpaired) electrons. The van der Waals surface area contributed by atoms with E-state index in [0.717, 1.165) is 30.9 Å². The third-order valence-corrected chi connectivity index (χ3v) is 3.16. The first-order chi connectivity index (χ1) is 10.2. The minimum atomic E-state index is 0.231. The second kappa shape index (κ2) is 7.43. The van der Waals surface area contributed by atoms with E-state index in [1.165, 1.54) is 0 Å². The highest BCUT2D eigenvalue weighted by Crippen LogP contribution is 2.20. The number of hydrogen-bond acceptors (Lipinski definition) is 4. The standard InChI is InChI=1S/C17H21NO3/c1-2-10-18(14-4-3-5-16(20)13-14)11-12-21-17-8-6-15(19)7-9-17/h3-9,13,19-20H,2,10-12H2,1H3. The van der Waals surface area contributed by atoms with Gasteiger partial charge in [0.2, 0.25) is 0 Å². The lowest BCUT2D eigenvalue weighted by molar-refractivity contribution is 0.323. The Morgan fingerprint density at radius 1 is 0.952 bits per heavy atom. The summed E-state index contributed by atoms with van der Waals surface area (Å²) in [6.07, 6.45) is 1.02. The van der Waals surface area contributed by atoms with E-state index in [2.05, 4.69) is 11.8 Å². The number of phenolic OH excluding ortho intramolecular Hbond substituents is 2. The van der Waals surface area contributed by atoms with Gasteiger partial charge in [-0.1, -0.05) is 13.0 Å². The van der Waals surface area contributed by atoms with Crippen molar-refractivity contribution in [1.82, 2.24) is 0 Å². The van der Waals surface area contributed by atoms with E-state index in [0.29, 0.717) is 6.61 Å². The molecular formula is C17H21NO3. The maximum atomic E-state index is 9.58. The molecule has 4 heteroatoms. The molecule has 0 fully saturated rings. The van der Waals surface area contributed by atoms with Gasteiger partial charge >= 0.3 is 0 Å². The van der Waals surface area contributed by atoms with E-state index in [-0.39, 0.29) is 11.5 Å². The second-order valence-electron chi connectivity index (χ2n) is 4.85. The number of nitrogens with zero attached hydrogens (tertiary/aromatic N) is 1. The Labute approximate surface area is 125 Å². The van der Waals surface area contributed by atoms with Crippen LogP contribution in [0.2, 0.25) is 0 Å². The number of aromatic hydroxyl groups is 2. The van der Waals surface area contributed by atoms with E-state index in [1.807, 2.05) is 12.1 Å². The predicted molar refractivity (Wildman–Crippen MR) is 84.2 cm³/mol. The zero-order valence-corrected chi connectivity index (χ0v) is 12.2. The van der Waals surface area contributed by atoms with E-state index in [9.17, 15) is 10.2 Å². The Morgan fingerprint density at radius 2 is 1.71 bits per heavy atom. The predicted octanol–water partition coefficient (Wildman–Crippen LogP) is 3.39. The lowest BCUT2D eigenvalue weighted by atomic mass is 10.2. The fraction of sp³-hybridized carbons (Fsp3) is 0.294. The summed E-state index contributed by atoms with van der Waals surface area (Å²) in [5.74, 6) is 1.24. The van der Waals surface area contributed by atoms with Crippen LogP contribution in [-0.4, -0.2) is 29.9 Å². The van der Waals surface area contributed by atoms with E-state index < -0.39 is 0 Å². The van der Waals surface area contributed by atoms with Crippen LogP contribution in [0.15, 0.2) is 48.5 Å². The molecule has 0 atom stereocenters. The van der Waals surface area contributed by atoms with Crippen molar-refractivity contribution < 1.29 is 14.9 Å². The molecule has 112 valence electrons. The molecule has 2 aromatic rings. The van der Waals surface area contributed by atoms with Crippen LogP contribution in [-0.2, 0) is 0 Å². The van der Waals surface area contributed by atoms with Gasteiger partial charge in [0.25, 0.3) is 0 Å². The van der Waals surface area contributed by atoms with Gasteiger partial charge in [-0.05, 0) is 42.8 Å². The molecule has 2 rings (SSSR count). The van der Waals surface area contributed by atoms with Crippen LogP contribution in [0.3, 0.4) is 0 Å². The SMILES string of the molecule is CCCN(CCOc1ccc(O)cc1)c1cccc(O)c1. The Bertz CT molecular complexity index is 554. The van der Waals surface area contributed by atoms with Crippen LogP contribution >= 0.6 is 0 Å². The number of ether oxygens (including phenoxy) is 1. The van der Waals surface area contributed by atoms with Gasteiger partial charge in [-0.15, -0.1) is 0 Å². The first-order valence-electron chi connectivity index (χ1n) is 7.15. The van der Waals surface area contributed by atoms with Crippen LogP contribution in [0.4, 0.5) is 5.69 Å². The van der Waals surface area contributed by atoms with Gasteiger partial charge in [0.05, 0.1) is 6.54 Å². The molecule has 0 aliphatic heterocycles. The molecule has 0 spiro atoms. The number of benzene rings is 2. The minimum Gasteiger partial charge on any atom is -0.508 e. The van der Waals surface area contributed by atoms with Crippen molar-refractivity contribution >= 4 is 5.69 Å². The maximum Gasteiger partial charge on any atom is 0.119 e. The molecule has 0 saturated carbocycles. The molecule has 0 saturated heterocycles. The van der Waals surface area contributed by atoms with Crippen molar-refractivity contribution in [2.75, 3.05) is 24.6 Å². The molecule has 0 amide bonds. The monoisotopic (exact) mass is 287 g/mol. The highest BCUT2D eigenvalue weighted by atomic mass is 16.5. The molecule has 2 aromatic carbocycles. The summed E-state index contributed by atoms with van der Waals surface area (Å²) in [6.45, 7) is 4.30. The van der Waals surface area contributed by atoms with Gasteiger partial charge < -0.3 is 19.8 Å². The largest absolute Gasteiger partial charge is 0.508 e. The summed E-state index contributed by atoms with van der Waals surface area (Å²) < 4.78 is 5.67. The number of rotatable bonds is 7. The molecule has 2 N–H and O–H groups in total. The van der Waals surface area contributed by atoms with Crippen molar-refractivity contribution in [1.29, 1.82) is 0 Å². The van der Waals surface area contributed by atoms with Gasteiger partial charge in [-0.25, -0.2) is 0 Å². The zero-order chi connectivity index (χ0) is 15.1. The van der Waals surface area contributed by atoms with Crippen LogP contribution < -0.4 is 9.64 Å². The Morgan fingerprint density at radius 3 is 2.38 bits per heavy atom. The summed E-state index contributed by atoms with van der Waals surface area (Å²) in [7, 11) is 0. The van der Waals surface area contributed by atoms with Gasteiger partial charge in [0, 0.05) is 18.3 Å². The van der Waals surface area contributed by atoms with Gasteiger partial charge in [0.15, 0.2) is 0 Å². The molecule has 4 nitrogen and oxygen atoms in total. The normalized spacial score (nSPS) is 10.3. The Balaban J connectivity index is 1.92. The zero-order valence-electron chi connectivity index (χ0n) is 12.2. The van der Waals surface area contributed by atoms with E-state index in [1.54, 1.807) is 36.4 Å². The quantitative estimate of drug-likeness (QED) is 0.819. The van der Waals surface area contributed by atoms with Gasteiger partial charge in [-0.2, -0.15) is 0 Å². The lowest BCUT2D eigenvalue weighted by Crippen LogP contribution is -2.29. The van der Waals surface area contributed by atoms with E-state index in [4.69, 9.17) is 4.74 Å². The van der Waals surface area contributed by atoms with Gasteiger partial charge in [-0.3, -0.25) is 0 Å². The third-order valence-electron chi connectivity index (χ3n) is 3.16. The smallest absolute Gasteiger partial charge is 0.119 e. The topological polar surface area (TPSA) is 52.9 Å². The van der Waals surface area contributed by atoms with Crippen molar-refractivity contribution in [3.8, 4) is 17.2 Å². The number of phenols is 2. The van der Waals surface area contributed by atoms with Crippen molar-refractivity contribution in [3.63, 3.8) is 0 Å². The van der Waals surface area contributed by atoms with Crippen LogP contribution in [0.5, 0.6) is 17.2 Å². The van der Waals surface area contributed by atoms with Crippen molar-refractivity contribution in [3.05, 3.63) is 48.5 Å². The lowest BCUT2D eigenvalue weighted by Gasteiger charge is -2.24. The van der Waals surface area contributed by atoms with Crippen LogP contribution in [0, 0.1) is 0 Å². The number of hydrogen-bond donors (Lipinski definition) is 2. The van der Waals surface area contributed by atoms with Crippen molar-refractivity contribution in [2.24, 2.45) is 0 Å². The second-order valence-corrected chi connectivity index (χ2v) is 4.85. The molecule has 0 aliphatic rings.